The second-order valence-electron chi connectivity index (χ2n) is 27.3. The van der Waals surface area contributed by atoms with E-state index in [1.807, 2.05) is 186 Å². The van der Waals surface area contributed by atoms with Crippen molar-refractivity contribution >= 4 is 87.3 Å². The van der Waals surface area contributed by atoms with E-state index in [4.69, 9.17) is 99.1 Å². The molecule has 11 aromatic rings. The molecule has 4 aliphatic rings. The number of halogens is 6. The third kappa shape index (κ3) is 17.3. The van der Waals surface area contributed by atoms with Gasteiger partial charge in [0.25, 0.3) is 0 Å². The van der Waals surface area contributed by atoms with Crippen LogP contribution in [0.5, 0.6) is 17.2 Å². The van der Waals surface area contributed by atoms with Crippen molar-refractivity contribution in [2.75, 3.05) is 34.4 Å². The van der Waals surface area contributed by atoms with Gasteiger partial charge in [-0.05, 0) is 223 Å². The van der Waals surface area contributed by atoms with Crippen LogP contribution in [0, 0.1) is 0 Å². The SMILES string of the molecule is COc1ccc(-c2c3c(nn2-c2ccc(Cl)cc2Cl)C(C(=O)NN2CCCCCC2)CCC3)cc1.COc1ccc(-c2c3c(nn2-c2ccc(Cl)cc2Cl)C(C(=O)N[C@H](C)c2ccccc2)CCC3)cc1.COc1ccc(-c2c3c(nn2-c2ccc(Cl)cc2Cl)[C@H](C(=O)N[C@H](C)c2ccccc2)CCC3)cc1. The summed E-state index contributed by atoms with van der Waals surface area (Å²) in [6.07, 6.45) is 12.2. The summed E-state index contributed by atoms with van der Waals surface area (Å²) in [5.41, 5.74) is 19.0. The van der Waals surface area contributed by atoms with Crippen LogP contribution in [0.1, 0.15) is 153 Å². The van der Waals surface area contributed by atoms with Crippen LogP contribution in [0.15, 0.2) is 188 Å². The van der Waals surface area contributed by atoms with E-state index in [-0.39, 0.29) is 47.6 Å². The number of benzene rings is 8. The molecule has 4 heterocycles. The van der Waals surface area contributed by atoms with Crippen molar-refractivity contribution in [1.82, 2.24) is 50.4 Å². The van der Waals surface area contributed by atoms with E-state index in [0.29, 0.717) is 30.1 Å². The van der Waals surface area contributed by atoms with Crippen LogP contribution in [0.4, 0.5) is 0 Å². The van der Waals surface area contributed by atoms with Crippen molar-refractivity contribution in [3.05, 3.63) is 263 Å². The van der Waals surface area contributed by atoms with E-state index in [9.17, 15) is 14.4 Å². The minimum atomic E-state index is -0.343. The van der Waals surface area contributed by atoms with Crippen LogP contribution >= 0.6 is 69.6 Å². The molecule has 107 heavy (non-hydrogen) atoms. The Morgan fingerprint density at radius 3 is 1.00 bits per heavy atom. The lowest BCUT2D eigenvalue weighted by Crippen LogP contribution is -2.45. The van der Waals surface area contributed by atoms with Gasteiger partial charge in [0.1, 0.15) is 17.2 Å². The summed E-state index contributed by atoms with van der Waals surface area (Å²) < 4.78 is 21.7. The first-order valence-corrected chi connectivity index (χ1v) is 38.6. The molecule has 0 saturated carbocycles. The van der Waals surface area contributed by atoms with Crippen LogP contribution in [-0.2, 0) is 33.6 Å². The monoisotopic (exact) mass is 1550 g/mol. The van der Waals surface area contributed by atoms with Gasteiger partial charge in [-0.15, -0.1) is 0 Å². The zero-order valence-corrected chi connectivity index (χ0v) is 64.8. The third-order valence-electron chi connectivity index (χ3n) is 20.4. The zero-order chi connectivity index (χ0) is 74.8. The number of hydrogen-bond donors (Lipinski definition) is 3. The molecule has 3 aliphatic carbocycles. The predicted molar refractivity (Wildman–Crippen MR) is 428 cm³/mol. The molecular formula is C85H84Cl6N10O6. The Balaban J connectivity index is 0.000000142. The Labute approximate surface area is 654 Å². The molecule has 5 atom stereocenters. The maximum atomic E-state index is 13.5. The number of amides is 3. The number of nitrogens with one attached hydrogen (secondary N) is 3. The van der Waals surface area contributed by atoms with E-state index < -0.39 is 0 Å². The molecule has 16 nitrogen and oxygen atoms in total. The van der Waals surface area contributed by atoms with E-state index in [0.717, 1.165) is 197 Å². The first kappa shape index (κ1) is 76.1. The summed E-state index contributed by atoms with van der Waals surface area (Å²) in [7, 11) is 4.95. The fraction of sp³-hybridized carbons (Fsp3) is 0.294. The van der Waals surface area contributed by atoms with Crippen molar-refractivity contribution in [3.8, 4) is 68.1 Å². The van der Waals surface area contributed by atoms with Crippen LogP contribution in [0.25, 0.3) is 50.8 Å². The average Bonchev–Trinajstić information content (AvgIpc) is 1.62. The minimum Gasteiger partial charge on any atom is -0.497 e. The highest BCUT2D eigenvalue weighted by Crippen LogP contribution is 2.45. The summed E-state index contributed by atoms with van der Waals surface area (Å²) in [5, 5.41) is 26.7. The molecule has 22 heteroatoms. The number of methoxy groups -OCH3 is 3. The summed E-state index contributed by atoms with van der Waals surface area (Å²) in [4.78, 5) is 40.5. The first-order valence-electron chi connectivity index (χ1n) is 36.4. The summed E-state index contributed by atoms with van der Waals surface area (Å²) in [6, 6.07) is 59.6. The van der Waals surface area contributed by atoms with Gasteiger partial charge >= 0.3 is 0 Å². The quantitative estimate of drug-likeness (QED) is 0.0797. The Morgan fingerprint density at radius 2 is 0.701 bits per heavy atom. The highest BCUT2D eigenvalue weighted by molar-refractivity contribution is 6.37. The van der Waals surface area contributed by atoms with E-state index in [1.54, 1.807) is 51.7 Å². The Hall–Kier alpha value is -9.10. The third-order valence-corrected chi connectivity index (χ3v) is 22.1. The lowest BCUT2D eigenvalue weighted by atomic mass is 9.85. The minimum absolute atomic E-state index is 0.0135. The van der Waals surface area contributed by atoms with Crippen LogP contribution < -0.4 is 30.3 Å². The van der Waals surface area contributed by atoms with Gasteiger partial charge in [0.05, 0.1) is 117 Å². The number of rotatable bonds is 17. The lowest BCUT2D eigenvalue weighted by molar-refractivity contribution is -0.128. The largest absolute Gasteiger partial charge is 0.497 e. The van der Waals surface area contributed by atoms with Gasteiger partial charge < -0.3 is 24.8 Å². The molecule has 1 aliphatic heterocycles. The molecule has 3 aromatic heterocycles. The number of aromatic nitrogens is 6. The van der Waals surface area contributed by atoms with Gasteiger partial charge in [0, 0.05) is 61.5 Å². The molecule has 3 amide bonds. The van der Waals surface area contributed by atoms with E-state index >= 15 is 0 Å². The Kier molecular flexibility index (Phi) is 24.8. The van der Waals surface area contributed by atoms with Gasteiger partial charge in [-0.25, -0.2) is 19.1 Å². The zero-order valence-electron chi connectivity index (χ0n) is 60.2. The molecule has 3 N–H and O–H groups in total. The number of hydrazine groups is 1. The predicted octanol–water partition coefficient (Wildman–Crippen LogP) is 20.5. The number of fused-ring (bicyclic) bond motifs is 3. The molecule has 0 bridgehead atoms. The molecule has 1 saturated heterocycles. The number of hydrogen-bond acceptors (Lipinski definition) is 10. The van der Waals surface area contributed by atoms with Gasteiger partial charge in [-0.3, -0.25) is 19.8 Å². The summed E-state index contributed by atoms with van der Waals surface area (Å²) >= 11 is 38.4. The maximum Gasteiger partial charge on any atom is 0.243 e. The van der Waals surface area contributed by atoms with E-state index in [1.165, 1.54) is 12.8 Å². The summed E-state index contributed by atoms with van der Waals surface area (Å²) in [6.45, 7) is 5.81. The molecule has 0 spiro atoms. The Bertz CT molecular complexity index is 4730. The van der Waals surface area contributed by atoms with Gasteiger partial charge in [0.15, 0.2) is 0 Å². The smallest absolute Gasteiger partial charge is 0.243 e. The Morgan fingerprint density at radius 1 is 0.393 bits per heavy atom. The number of carbonyl (C=O) groups excluding carboxylic acids is 3. The number of ether oxygens (including phenoxy) is 3. The number of carbonyl (C=O) groups is 3. The molecule has 0 radical (unpaired) electrons. The molecule has 8 aromatic carbocycles. The molecule has 552 valence electrons. The van der Waals surface area contributed by atoms with Crippen molar-refractivity contribution in [2.24, 2.45) is 0 Å². The summed E-state index contributed by atoms with van der Waals surface area (Å²) in [5.74, 6) is 1.35. The fourth-order valence-electron chi connectivity index (χ4n) is 14.9. The van der Waals surface area contributed by atoms with Crippen molar-refractivity contribution in [3.63, 3.8) is 0 Å². The van der Waals surface area contributed by atoms with E-state index in [2.05, 4.69) is 21.1 Å². The van der Waals surface area contributed by atoms with Gasteiger partial charge in [0.2, 0.25) is 17.7 Å². The average molecular weight is 1550 g/mol. The highest BCUT2D eigenvalue weighted by atomic mass is 35.5. The standard InChI is InChI=1S/2C29H27Cl2N3O2.C27H30Cl2N4O2/c2*1-18(19-7-4-3-5-8-19)32-29(35)24-10-6-9-23-27(24)33-34(26-16-13-21(30)17-25(26)31)28(23)20-11-14-22(36-2)15-12-20;1-35-20-12-9-18(10-13-20)26-21-7-6-8-22(27(34)31-32-15-4-2-3-5-16-32)25(21)30-33(26)24-14-11-19(28)17-23(24)29/h2*3-5,7-8,11-18,24H,6,9-10H2,1-2H3,(H,32,35);9-14,17,22H,2-8,15-16H2,1H3,(H,31,34)/t18-,24?;18-,24-;/m11./s1. The van der Waals surface area contributed by atoms with Gasteiger partial charge in [-0.2, -0.15) is 15.3 Å². The van der Waals surface area contributed by atoms with Crippen molar-refractivity contribution in [1.29, 1.82) is 0 Å². The van der Waals surface area contributed by atoms with Gasteiger partial charge in [-0.1, -0.05) is 143 Å². The van der Waals surface area contributed by atoms with Crippen LogP contribution in [0.3, 0.4) is 0 Å². The van der Waals surface area contributed by atoms with Crippen LogP contribution in [0.2, 0.25) is 30.1 Å². The second-order valence-corrected chi connectivity index (χ2v) is 29.9. The first-order chi connectivity index (χ1) is 52.0. The second kappa shape index (κ2) is 34.9. The maximum absolute atomic E-state index is 13.5. The lowest BCUT2D eigenvalue weighted by Gasteiger charge is -2.26. The molecule has 15 rings (SSSR count). The number of nitrogens with zero attached hydrogens (tertiary/aromatic N) is 7. The topological polar surface area (TPSA) is 172 Å². The van der Waals surface area contributed by atoms with Crippen molar-refractivity contribution in [2.45, 2.75) is 127 Å². The molecular weight excluding hydrogens is 1470 g/mol. The molecule has 1 fully saturated rings. The highest BCUT2D eigenvalue weighted by Gasteiger charge is 2.38. The normalized spacial score (nSPS) is 16.6. The van der Waals surface area contributed by atoms with Crippen molar-refractivity contribution < 1.29 is 28.6 Å². The fourth-order valence-corrected chi connectivity index (χ4v) is 16.4. The molecule has 2 unspecified atom stereocenters. The van der Waals surface area contributed by atoms with Crippen LogP contribution in [-0.4, -0.2) is 86.5 Å².